The van der Waals surface area contributed by atoms with Crippen molar-refractivity contribution in [2.24, 2.45) is 0 Å². The van der Waals surface area contributed by atoms with Crippen molar-refractivity contribution < 1.29 is 22.7 Å². The number of ether oxygens (including phenoxy) is 1. The van der Waals surface area contributed by atoms with Crippen molar-refractivity contribution in [1.82, 2.24) is 14.5 Å². The summed E-state index contributed by atoms with van der Waals surface area (Å²) in [5, 5.41) is 2.84. The molecule has 0 bridgehead atoms. The van der Waals surface area contributed by atoms with Crippen molar-refractivity contribution in [2.75, 3.05) is 39.9 Å². The van der Waals surface area contributed by atoms with Gasteiger partial charge in [0.15, 0.2) is 0 Å². The van der Waals surface area contributed by atoms with Crippen LogP contribution in [-0.4, -0.2) is 75.4 Å². The van der Waals surface area contributed by atoms with Crippen LogP contribution in [0, 0.1) is 0 Å². The lowest BCUT2D eigenvalue weighted by molar-refractivity contribution is -0.134. The molecule has 156 valence electrons. The zero-order chi connectivity index (χ0) is 20.6. The first-order valence-electron chi connectivity index (χ1n) is 9.46. The monoisotopic (exact) mass is 411 g/mol. The van der Waals surface area contributed by atoms with Crippen LogP contribution < -0.4 is 5.32 Å². The Morgan fingerprint density at radius 3 is 2.36 bits per heavy atom. The molecule has 0 saturated carbocycles. The van der Waals surface area contributed by atoms with E-state index in [0.717, 1.165) is 0 Å². The molecular weight excluding hydrogens is 382 g/mol. The van der Waals surface area contributed by atoms with E-state index in [1.165, 1.54) is 4.31 Å². The standard InChI is InChI=1S/C19H29N3O5S/c1-16(10-15-27-2)20-18(23)8-9-19(24)21-11-13-22(14-12-21)28(25,26)17-6-4-3-5-7-17/h3-7,16H,8-15H2,1-2H3,(H,20,23). The lowest BCUT2D eigenvalue weighted by Crippen LogP contribution is -2.50. The van der Waals surface area contributed by atoms with E-state index in [1.54, 1.807) is 42.3 Å². The van der Waals surface area contributed by atoms with Crippen LogP contribution in [0.15, 0.2) is 35.2 Å². The molecule has 0 aliphatic carbocycles. The summed E-state index contributed by atoms with van der Waals surface area (Å²) in [6, 6.07) is 8.28. The van der Waals surface area contributed by atoms with Crippen LogP contribution in [-0.2, 0) is 24.3 Å². The first-order chi connectivity index (χ1) is 13.3. The SMILES string of the molecule is COCCC(C)NC(=O)CCC(=O)N1CCN(S(=O)(=O)c2ccccc2)CC1. The zero-order valence-electron chi connectivity index (χ0n) is 16.5. The Kier molecular flexibility index (Phi) is 8.40. The van der Waals surface area contributed by atoms with E-state index in [-0.39, 0.29) is 48.7 Å². The molecular formula is C19H29N3O5S. The van der Waals surface area contributed by atoms with Crippen molar-refractivity contribution in [3.8, 4) is 0 Å². The fourth-order valence-corrected chi connectivity index (χ4v) is 4.45. The second-order valence-electron chi connectivity index (χ2n) is 6.85. The average Bonchev–Trinajstić information content (AvgIpc) is 2.71. The number of benzene rings is 1. The molecule has 1 heterocycles. The van der Waals surface area contributed by atoms with Crippen molar-refractivity contribution >= 4 is 21.8 Å². The molecule has 2 amide bonds. The third-order valence-electron chi connectivity index (χ3n) is 4.70. The Morgan fingerprint density at radius 2 is 1.75 bits per heavy atom. The van der Waals surface area contributed by atoms with Gasteiger partial charge in [0.05, 0.1) is 4.90 Å². The lowest BCUT2D eigenvalue weighted by atomic mass is 10.2. The number of hydrogen-bond donors (Lipinski definition) is 1. The van der Waals surface area contributed by atoms with Gasteiger partial charge in [-0.25, -0.2) is 8.42 Å². The molecule has 1 atom stereocenters. The molecule has 1 fully saturated rings. The number of sulfonamides is 1. The van der Waals surface area contributed by atoms with Crippen molar-refractivity contribution in [2.45, 2.75) is 37.1 Å². The Labute approximate surface area is 166 Å². The predicted octanol–water partition coefficient (Wildman–Crippen LogP) is 0.841. The number of amides is 2. The molecule has 1 N–H and O–H groups in total. The number of methoxy groups -OCH3 is 1. The molecule has 1 aromatic rings. The van der Waals surface area contributed by atoms with Crippen molar-refractivity contribution in [1.29, 1.82) is 0 Å². The van der Waals surface area contributed by atoms with Gasteiger partial charge in [0.1, 0.15) is 0 Å². The van der Waals surface area contributed by atoms with Crippen molar-refractivity contribution in [3.63, 3.8) is 0 Å². The van der Waals surface area contributed by atoms with Crippen LogP contribution in [0.5, 0.6) is 0 Å². The van der Waals surface area contributed by atoms with Gasteiger partial charge in [0, 0.05) is 58.8 Å². The van der Waals surface area contributed by atoms with E-state index in [1.807, 2.05) is 6.92 Å². The Hall–Kier alpha value is -1.97. The van der Waals surface area contributed by atoms with Gasteiger partial charge >= 0.3 is 0 Å². The van der Waals surface area contributed by atoms with Gasteiger partial charge in [-0.2, -0.15) is 4.31 Å². The number of rotatable bonds is 9. The summed E-state index contributed by atoms with van der Waals surface area (Å²) < 4.78 is 31.6. The second kappa shape index (κ2) is 10.5. The highest BCUT2D eigenvalue weighted by Crippen LogP contribution is 2.17. The van der Waals surface area contributed by atoms with Gasteiger partial charge in [-0.15, -0.1) is 0 Å². The number of carbonyl (C=O) groups is 2. The number of nitrogens with one attached hydrogen (secondary N) is 1. The van der Waals surface area contributed by atoms with Crippen LogP contribution in [0.2, 0.25) is 0 Å². The van der Waals surface area contributed by atoms with Gasteiger partial charge in [0.2, 0.25) is 21.8 Å². The molecule has 1 aliphatic rings. The number of hydrogen-bond acceptors (Lipinski definition) is 5. The average molecular weight is 412 g/mol. The number of piperazine rings is 1. The zero-order valence-corrected chi connectivity index (χ0v) is 17.3. The normalized spacial score (nSPS) is 16.6. The van der Waals surface area contributed by atoms with Crippen LogP contribution in [0.25, 0.3) is 0 Å². The molecule has 0 radical (unpaired) electrons. The fourth-order valence-electron chi connectivity index (χ4n) is 3.01. The van der Waals surface area contributed by atoms with Crippen LogP contribution in [0.3, 0.4) is 0 Å². The molecule has 28 heavy (non-hydrogen) atoms. The molecule has 9 heteroatoms. The first kappa shape index (κ1) is 22.3. The van der Waals surface area contributed by atoms with Gasteiger partial charge < -0.3 is 15.0 Å². The highest BCUT2D eigenvalue weighted by atomic mass is 32.2. The molecule has 8 nitrogen and oxygen atoms in total. The largest absolute Gasteiger partial charge is 0.385 e. The molecule has 2 rings (SSSR count). The maximum absolute atomic E-state index is 12.6. The minimum Gasteiger partial charge on any atom is -0.385 e. The fraction of sp³-hybridized carbons (Fsp3) is 0.579. The number of nitrogens with zero attached hydrogens (tertiary/aromatic N) is 2. The van der Waals surface area contributed by atoms with Crippen LogP contribution in [0.1, 0.15) is 26.2 Å². The predicted molar refractivity (Wildman–Crippen MR) is 105 cm³/mol. The maximum Gasteiger partial charge on any atom is 0.243 e. The highest BCUT2D eigenvalue weighted by Gasteiger charge is 2.29. The van der Waals surface area contributed by atoms with E-state index in [4.69, 9.17) is 4.74 Å². The van der Waals surface area contributed by atoms with E-state index in [2.05, 4.69) is 5.32 Å². The molecule has 0 aromatic heterocycles. The summed E-state index contributed by atoms with van der Waals surface area (Å²) in [5.74, 6) is -0.293. The minimum atomic E-state index is -3.54. The van der Waals surface area contributed by atoms with Crippen molar-refractivity contribution in [3.05, 3.63) is 30.3 Å². The quantitative estimate of drug-likeness (QED) is 0.650. The van der Waals surface area contributed by atoms with E-state index in [9.17, 15) is 18.0 Å². The summed E-state index contributed by atoms with van der Waals surface area (Å²) in [4.78, 5) is 26.2. The molecule has 0 spiro atoms. The van der Waals surface area contributed by atoms with Crippen LogP contribution in [0.4, 0.5) is 0 Å². The summed E-state index contributed by atoms with van der Waals surface area (Å²) >= 11 is 0. The van der Waals surface area contributed by atoms with E-state index in [0.29, 0.717) is 26.1 Å². The lowest BCUT2D eigenvalue weighted by Gasteiger charge is -2.34. The Balaban J connectivity index is 1.77. The summed E-state index contributed by atoms with van der Waals surface area (Å²) in [6.07, 6.45) is 0.959. The summed E-state index contributed by atoms with van der Waals surface area (Å²) in [5.41, 5.74) is 0. The second-order valence-corrected chi connectivity index (χ2v) is 8.79. The number of carbonyl (C=O) groups excluding carboxylic acids is 2. The van der Waals surface area contributed by atoms with Gasteiger partial charge in [-0.05, 0) is 25.5 Å². The molecule has 1 aliphatic heterocycles. The first-order valence-corrected chi connectivity index (χ1v) is 10.9. The summed E-state index contributed by atoms with van der Waals surface area (Å²) in [7, 11) is -1.93. The summed E-state index contributed by atoms with van der Waals surface area (Å²) in [6.45, 7) is 3.63. The Morgan fingerprint density at radius 1 is 1.11 bits per heavy atom. The Bertz CT molecular complexity index is 746. The molecule has 1 aromatic carbocycles. The highest BCUT2D eigenvalue weighted by molar-refractivity contribution is 7.89. The third kappa shape index (κ3) is 6.29. The van der Waals surface area contributed by atoms with Crippen LogP contribution >= 0.6 is 0 Å². The topological polar surface area (TPSA) is 96.0 Å². The molecule has 1 saturated heterocycles. The third-order valence-corrected chi connectivity index (χ3v) is 6.61. The van der Waals surface area contributed by atoms with Gasteiger partial charge in [-0.3, -0.25) is 9.59 Å². The maximum atomic E-state index is 12.6. The molecule has 1 unspecified atom stereocenters. The van der Waals surface area contributed by atoms with Gasteiger partial charge in [-0.1, -0.05) is 18.2 Å². The van der Waals surface area contributed by atoms with Gasteiger partial charge in [0.25, 0.3) is 0 Å². The van der Waals surface area contributed by atoms with E-state index < -0.39 is 10.0 Å². The van der Waals surface area contributed by atoms with E-state index >= 15 is 0 Å². The minimum absolute atomic E-state index is 0.00529. The smallest absolute Gasteiger partial charge is 0.243 e.